The summed E-state index contributed by atoms with van der Waals surface area (Å²) >= 11 is 6.18. The third kappa shape index (κ3) is 3.10. The van der Waals surface area contributed by atoms with Crippen LogP contribution in [0.15, 0.2) is 30.6 Å². The zero-order valence-electron chi connectivity index (χ0n) is 15.3. The summed E-state index contributed by atoms with van der Waals surface area (Å²) in [4.78, 5) is 34.5. The molecule has 2 fully saturated rings. The molecule has 27 heavy (non-hydrogen) atoms. The predicted octanol–water partition coefficient (Wildman–Crippen LogP) is 2.27. The van der Waals surface area contributed by atoms with E-state index in [0.717, 1.165) is 18.5 Å². The molecule has 2 amide bonds. The number of amides is 2. The SMILES string of the molecule is Cn1cc(Cl)c(C(=O)N2CCCC23CCCN(Cc2ccccn2)C3=O)n1. The number of halogens is 1. The van der Waals surface area contributed by atoms with E-state index in [4.69, 9.17) is 11.6 Å². The Morgan fingerprint density at radius 1 is 1.26 bits per heavy atom. The lowest BCUT2D eigenvalue weighted by Gasteiger charge is -2.44. The molecule has 0 aliphatic carbocycles. The smallest absolute Gasteiger partial charge is 0.276 e. The quantitative estimate of drug-likeness (QED) is 0.809. The highest BCUT2D eigenvalue weighted by atomic mass is 35.5. The molecule has 7 nitrogen and oxygen atoms in total. The molecule has 0 N–H and O–H groups in total. The molecule has 8 heteroatoms. The van der Waals surface area contributed by atoms with Gasteiger partial charge < -0.3 is 9.80 Å². The van der Waals surface area contributed by atoms with Gasteiger partial charge in [0.1, 0.15) is 5.54 Å². The standard InChI is InChI=1S/C19H22ClN5O2/c1-23-13-15(20)16(22-23)17(26)25-11-5-8-19(25)7-4-10-24(18(19)27)12-14-6-2-3-9-21-14/h2-3,6,9,13H,4-5,7-8,10-12H2,1H3. The first kappa shape index (κ1) is 18.0. The highest BCUT2D eigenvalue weighted by Crippen LogP contribution is 2.39. The first-order valence-electron chi connectivity index (χ1n) is 9.22. The van der Waals surface area contributed by atoms with Gasteiger partial charge >= 0.3 is 0 Å². The number of likely N-dealkylation sites (tertiary alicyclic amines) is 2. The first-order valence-corrected chi connectivity index (χ1v) is 9.59. The van der Waals surface area contributed by atoms with Gasteiger partial charge in [-0.25, -0.2) is 0 Å². The molecule has 142 valence electrons. The Morgan fingerprint density at radius 2 is 2.04 bits per heavy atom. The Labute approximate surface area is 162 Å². The molecular formula is C19H22ClN5O2. The van der Waals surface area contributed by atoms with Gasteiger partial charge in [-0.15, -0.1) is 0 Å². The number of aromatic nitrogens is 3. The van der Waals surface area contributed by atoms with Crippen LogP contribution in [0.5, 0.6) is 0 Å². The number of carbonyl (C=O) groups is 2. The number of rotatable bonds is 3. The van der Waals surface area contributed by atoms with E-state index in [2.05, 4.69) is 10.1 Å². The highest BCUT2D eigenvalue weighted by Gasteiger charge is 2.53. The number of piperidine rings is 1. The lowest BCUT2D eigenvalue weighted by atomic mass is 9.85. The summed E-state index contributed by atoms with van der Waals surface area (Å²) in [6, 6.07) is 5.69. The molecule has 2 aliphatic rings. The molecule has 0 saturated carbocycles. The van der Waals surface area contributed by atoms with Gasteiger partial charge in [-0.05, 0) is 37.8 Å². The molecule has 1 spiro atoms. The van der Waals surface area contributed by atoms with Crippen molar-refractivity contribution in [3.05, 3.63) is 47.0 Å². The molecule has 0 bridgehead atoms. The molecule has 2 aliphatic heterocycles. The number of nitrogens with zero attached hydrogens (tertiary/aromatic N) is 5. The van der Waals surface area contributed by atoms with Crippen molar-refractivity contribution >= 4 is 23.4 Å². The lowest BCUT2D eigenvalue weighted by Crippen LogP contribution is -2.61. The van der Waals surface area contributed by atoms with Crippen molar-refractivity contribution in [1.29, 1.82) is 0 Å². The van der Waals surface area contributed by atoms with Crippen molar-refractivity contribution in [2.24, 2.45) is 7.05 Å². The Morgan fingerprint density at radius 3 is 2.70 bits per heavy atom. The Balaban J connectivity index is 1.61. The van der Waals surface area contributed by atoms with Crippen LogP contribution >= 0.6 is 11.6 Å². The first-order chi connectivity index (χ1) is 13.0. The zero-order valence-corrected chi connectivity index (χ0v) is 16.0. The predicted molar refractivity (Wildman–Crippen MR) is 100 cm³/mol. The van der Waals surface area contributed by atoms with Gasteiger partial charge in [0.05, 0.1) is 17.3 Å². The molecule has 1 atom stereocenters. The molecule has 2 aromatic heterocycles. The normalized spacial score (nSPS) is 22.7. The highest BCUT2D eigenvalue weighted by molar-refractivity contribution is 6.33. The van der Waals surface area contributed by atoms with E-state index in [1.807, 2.05) is 23.1 Å². The van der Waals surface area contributed by atoms with Crippen molar-refractivity contribution in [1.82, 2.24) is 24.6 Å². The van der Waals surface area contributed by atoms with Gasteiger partial charge in [0, 0.05) is 32.5 Å². The van der Waals surface area contributed by atoms with Crippen LogP contribution in [0.4, 0.5) is 0 Å². The molecule has 0 aromatic carbocycles. The van der Waals surface area contributed by atoms with Gasteiger partial charge in [0.2, 0.25) is 5.91 Å². The Hall–Kier alpha value is -2.41. The fraction of sp³-hybridized carbons (Fsp3) is 0.474. The van der Waals surface area contributed by atoms with E-state index >= 15 is 0 Å². The van der Waals surface area contributed by atoms with Gasteiger partial charge in [-0.1, -0.05) is 17.7 Å². The maximum Gasteiger partial charge on any atom is 0.276 e. The molecule has 4 heterocycles. The van der Waals surface area contributed by atoms with Crippen molar-refractivity contribution in [2.75, 3.05) is 13.1 Å². The van der Waals surface area contributed by atoms with E-state index in [1.165, 1.54) is 4.68 Å². The molecule has 1 unspecified atom stereocenters. The van der Waals surface area contributed by atoms with Crippen LogP contribution in [0.25, 0.3) is 0 Å². The fourth-order valence-electron chi connectivity index (χ4n) is 4.29. The minimum Gasteiger partial charge on any atom is -0.335 e. The summed E-state index contributed by atoms with van der Waals surface area (Å²) < 4.78 is 1.52. The topological polar surface area (TPSA) is 71.3 Å². The van der Waals surface area contributed by atoms with Crippen LogP contribution in [0.2, 0.25) is 5.02 Å². The summed E-state index contributed by atoms with van der Waals surface area (Å²) in [6.07, 6.45) is 6.36. The maximum atomic E-state index is 13.4. The van der Waals surface area contributed by atoms with Gasteiger partial charge in [-0.3, -0.25) is 19.3 Å². The van der Waals surface area contributed by atoms with Crippen LogP contribution in [0.3, 0.4) is 0 Å². The lowest BCUT2D eigenvalue weighted by molar-refractivity contribution is -0.146. The van der Waals surface area contributed by atoms with E-state index < -0.39 is 5.54 Å². The number of carbonyl (C=O) groups excluding carboxylic acids is 2. The summed E-state index contributed by atoms with van der Waals surface area (Å²) in [7, 11) is 1.72. The summed E-state index contributed by atoms with van der Waals surface area (Å²) in [5, 5.41) is 4.52. The van der Waals surface area contributed by atoms with E-state index in [1.54, 1.807) is 24.3 Å². The Bertz CT molecular complexity index is 868. The second-order valence-corrected chi connectivity index (χ2v) is 7.65. The van der Waals surface area contributed by atoms with Crippen LogP contribution in [-0.4, -0.2) is 55.0 Å². The molecule has 2 saturated heterocycles. The third-order valence-electron chi connectivity index (χ3n) is 5.50. The minimum atomic E-state index is -0.787. The number of pyridine rings is 1. The number of hydrogen-bond donors (Lipinski definition) is 0. The second-order valence-electron chi connectivity index (χ2n) is 7.24. The van der Waals surface area contributed by atoms with Gasteiger partial charge in [-0.2, -0.15) is 5.10 Å². The van der Waals surface area contributed by atoms with E-state index in [-0.39, 0.29) is 17.5 Å². The average Bonchev–Trinajstić information content (AvgIpc) is 3.23. The maximum absolute atomic E-state index is 13.4. The molecular weight excluding hydrogens is 366 g/mol. The van der Waals surface area contributed by atoms with Crippen molar-refractivity contribution in [3.8, 4) is 0 Å². The zero-order chi connectivity index (χ0) is 19.0. The van der Waals surface area contributed by atoms with Gasteiger partial charge in [0.15, 0.2) is 5.69 Å². The third-order valence-corrected chi connectivity index (χ3v) is 5.78. The average molecular weight is 388 g/mol. The monoisotopic (exact) mass is 387 g/mol. The molecule has 2 aromatic rings. The van der Waals surface area contributed by atoms with Gasteiger partial charge in [0.25, 0.3) is 5.91 Å². The molecule has 0 radical (unpaired) electrons. The van der Waals surface area contributed by atoms with Crippen molar-refractivity contribution < 1.29 is 9.59 Å². The number of aryl methyl sites for hydroxylation is 1. The van der Waals surface area contributed by atoms with E-state index in [0.29, 0.717) is 37.5 Å². The summed E-state index contributed by atoms with van der Waals surface area (Å²) in [5.41, 5.74) is 0.284. The van der Waals surface area contributed by atoms with Crippen LogP contribution in [0.1, 0.15) is 41.9 Å². The molecule has 4 rings (SSSR count). The van der Waals surface area contributed by atoms with Crippen molar-refractivity contribution in [3.63, 3.8) is 0 Å². The van der Waals surface area contributed by atoms with Crippen LogP contribution < -0.4 is 0 Å². The van der Waals surface area contributed by atoms with Crippen LogP contribution in [0, 0.1) is 0 Å². The van der Waals surface area contributed by atoms with Crippen LogP contribution in [-0.2, 0) is 18.4 Å². The second kappa shape index (κ2) is 6.96. The van der Waals surface area contributed by atoms with E-state index in [9.17, 15) is 9.59 Å². The van der Waals surface area contributed by atoms with Crippen molar-refractivity contribution in [2.45, 2.75) is 37.8 Å². The Kier molecular flexibility index (Phi) is 4.63. The number of hydrogen-bond acceptors (Lipinski definition) is 4. The largest absolute Gasteiger partial charge is 0.335 e. The summed E-state index contributed by atoms with van der Waals surface area (Å²) in [5.74, 6) is -0.247. The summed E-state index contributed by atoms with van der Waals surface area (Å²) in [6.45, 7) is 1.70. The minimum absolute atomic E-state index is 0.0114. The fourth-order valence-corrected chi connectivity index (χ4v) is 4.55.